The minimum absolute atomic E-state index is 0.0565. The van der Waals surface area contributed by atoms with Crippen molar-refractivity contribution in [2.24, 2.45) is 5.92 Å². The first-order chi connectivity index (χ1) is 7.02. The number of rotatable bonds is 2. The van der Waals surface area contributed by atoms with Crippen molar-refractivity contribution in [1.82, 2.24) is 0 Å². The predicted molar refractivity (Wildman–Crippen MR) is 49.4 cm³/mol. The van der Waals surface area contributed by atoms with Crippen LogP contribution in [0.2, 0.25) is 0 Å². The first kappa shape index (κ1) is 10.5. The van der Waals surface area contributed by atoms with Crippen LogP contribution in [-0.2, 0) is 6.18 Å². The van der Waals surface area contributed by atoms with Gasteiger partial charge < -0.3 is 5.11 Å². The van der Waals surface area contributed by atoms with Crippen molar-refractivity contribution >= 4 is 0 Å². The van der Waals surface area contributed by atoms with Gasteiger partial charge in [0.2, 0.25) is 0 Å². The Hall–Kier alpha value is -1.03. The van der Waals surface area contributed by atoms with Crippen LogP contribution >= 0.6 is 0 Å². The normalized spacial score (nSPS) is 25.3. The fourth-order valence-electron chi connectivity index (χ4n) is 1.80. The summed E-state index contributed by atoms with van der Waals surface area (Å²) in [4.78, 5) is 0. The first-order valence-electron chi connectivity index (χ1n) is 4.80. The number of aliphatic hydroxyl groups excluding tert-OH is 1. The third-order valence-electron chi connectivity index (χ3n) is 2.80. The second kappa shape index (κ2) is 3.52. The third-order valence-corrected chi connectivity index (χ3v) is 2.80. The minimum Gasteiger partial charge on any atom is -0.396 e. The standard InChI is InChI=1S/C11H11F3O/c12-11(13,14)9-3-1-2-7(4-9)10-5-8(10)6-15/h1-4,8,10,15H,5-6H2/t8-,10-/m0/s1. The van der Waals surface area contributed by atoms with Crippen LogP contribution in [0.5, 0.6) is 0 Å². The molecule has 0 bridgehead atoms. The van der Waals surface area contributed by atoms with E-state index in [0.717, 1.165) is 12.5 Å². The van der Waals surface area contributed by atoms with Gasteiger partial charge in [-0.05, 0) is 29.9 Å². The maximum Gasteiger partial charge on any atom is 0.416 e. The van der Waals surface area contributed by atoms with Crippen molar-refractivity contribution < 1.29 is 18.3 Å². The lowest BCUT2D eigenvalue weighted by Gasteiger charge is -2.08. The lowest BCUT2D eigenvalue weighted by atomic mass is 10.1. The molecule has 1 aliphatic carbocycles. The average molecular weight is 216 g/mol. The zero-order chi connectivity index (χ0) is 11.1. The SMILES string of the molecule is OC[C@@H]1C[C@H]1c1cccc(C(F)(F)F)c1. The molecule has 0 aromatic heterocycles. The summed E-state index contributed by atoms with van der Waals surface area (Å²) in [5.41, 5.74) is 0.0764. The van der Waals surface area contributed by atoms with E-state index in [-0.39, 0.29) is 18.4 Å². The fourth-order valence-corrected chi connectivity index (χ4v) is 1.80. The van der Waals surface area contributed by atoms with E-state index in [2.05, 4.69) is 0 Å². The van der Waals surface area contributed by atoms with Crippen LogP contribution in [0.1, 0.15) is 23.5 Å². The van der Waals surface area contributed by atoms with Gasteiger partial charge in [0.15, 0.2) is 0 Å². The highest BCUT2D eigenvalue weighted by atomic mass is 19.4. The zero-order valence-corrected chi connectivity index (χ0v) is 7.96. The maximum atomic E-state index is 12.4. The van der Waals surface area contributed by atoms with Crippen LogP contribution in [0.25, 0.3) is 0 Å². The molecule has 0 spiro atoms. The molecule has 0 heterocycles. The van der Waals surface area contributed by atoms with Crippen molar-refractivity contribution in [3.8, 4) is 0 Å². The molecule has 0 aliphatic heterocycles. The van der Waals surface area contributed by atoms with E-state index in [1.807, 2.05) is 0 Å². The summed E-state index contributed by atoms with van der Waals surface area (Å²) in [7, 11) is 0. The molecule has 4 heteroatoms. The Bertz CT molecular complexity index is 359. The minimum atomic E-state index is -4.28. The summed E-state index contributed by atoms with van der Waals surface area (Å²) in [6.45, 7) is 0.0565. The van der Waals surface area contributed by atoms with Gasteiger partial charge in [-0.3, -0.25) is 0 Å². The van der Waals surface area contributed by atoms with Crippen LogP contribution in [0.3, 0.4) is 0 Å². The van der Waals surface area contributed by atoms with Gasteiger partial charge in [0.1, 0.15) is 0 Å². The van der Waals surface area contributed by atoms with E-state index in [1.54, 1.807) is 6.07 Å². The summed E-state index contributed by atoms with van der Waals surface area (Å²) in [5, 5.41) is 8.84. The molecule has 1 aliphatic rings. The highest BCUT2D eigenvalue weighted by Gasteiger charge is 2.39. The van der Waals surface area contributed by atoms with Gasteiger partial charge in [0.25, 0.3) is 0 Å². The first-order valence-corrected chi connectivity index (χ1v) is 4.80. The van der Waals surface area contributed by atoms with Gasteiger partial charge in [-0.15, -0.1) is 0 Å². The summed E-state index contributed by atoms with van der Waals surface area (Å²) in [6.07, 6.45) is -3.49. The second-order valence-electron chi connectivity index (χ2n) is 3.91. The molecule has 0 amide bonds. The van der Waals surface area contributed by atoms with Crippen molar-refractivity contribution in [2.45, 2.75) is 18.5 Å². The molecular weight excluding hydrogens is 205 g/mol. The Balaban J connectivity index is 2.21. The summed E-state index contributed by atoms with van der Waals surface area (Å²) < 4.78 is 37.1. The Morgan fingerprint density at radius 1 is 1.33 bits per heavy atom. The molecule has 0 saturated heterocycles. The fraction of sp³-hybridized carbons (Fsp3) is 0.455. The van der Waals surface area contributed by atoms with Crippen LogP contribution in [0, 0.1) is 5.92 Å². The molecule has 0 radical (unpaired) electrons. The van der Waals surface area contributed by atoms with Gasteiger partial charge >= 0.3 is 6.18 Å². The van der Waals surface area contributed by atoms with Crippen molar-refractivity contribution in [3.63, 3.8) is 0 Å². The number of hydrogen-bond acceptors (Lipinski definition) is 1. The molecule has 1 aromatic carbocycles. The summed E-state index contributed by atoms with van der Waals surface area (Å²) in [6, 6.07) is 5.36. The third kappa shape index (κ3) is 2.15. The number of halogens is 3. The van der Waals surface area contributed by atoms with E-state index in [1.165, 1.54) is 12.1 Å². The molecular formula is C11H11F3O. The molecule has 1 N–H and O–H groups in total. The van der Waals surface area contributed by atoms with Crippen molar-refractivity contribution in [1.29, 1.82) is 0 Å². The molecule has 2 rings (SSSR count). The Morgan fingerprint density at radius 3 is 2.60 bits per heavy atom. The monoisotopic (exact) mass is 216 g/mol. The lowest BCUT2D eigenvalue weighted by molar-refractivity contribution is -0.137. The molecule has 1 fully saturated rings. The van der Waals surface area contributed by atoms with Gasteiger partial charge in [0, 0.05) is 6.61 Å². The molecule has 2 atom stereocenters. The van der Waals surface area contributed by atoms with Gasteiger partial charge in [0.05, 0.1) is 5.56 Å². The van der Waals surface area contributed by atoms with E-state index >= 15 is 0 Å². The Kier molecular flexibility index (Phi) is 2.46. The predicted octanol–water partition coefficient (Wildman–Crippen LogP) is 2.80. The lowest BCUT2D eigenvalue weighted by Crippen LogP contribution is -2.05. The largest absolute Gasteiger partial charge is 0.416 e. The molecule has 15 heavy (non-hydrogen) atoms. The maximum absolute atomic E-state index is 12.4. The highest BCUT2D eigenvalue weighted by Crippen LogP contribution is 2.47. The van der Waals surface area contributed by atoms with E-state index in [0.29, 0.717) is 5.56 Å². The molecule has 1 nitrogen and oxygen atoms in total. The van der Waals surface area contributed by atoms with Gasteiger partial charge in [-0.25, -0.2) is 0 Å². The van der Waals surface area contributed by atoms with Gasteiger partial charge in [-0.1, -0.05) is 18.2 Å². The number of aliphatic hydroxyl groups is 1. The topological polar surface area (TPSA) is 20.2 Å². The number of alkyl halides is 3. The average Bonchev–Trinajstić information content (AvgIpc) is 2.95. The Labute approximate surface area is 85.5 Å². The number of hydrogen-bond donors (Lipinski definition) is 1. The number of benzene rings is 1. The van der Waals surface area contributed by atoms with Crippen LogP contribution in [0.4, 0.5) is 13.2 Å². The molecule has 1 saturated carbocycles. The van der Waals surface area contributed by atoms with E-state index < -0.39 is 11.7 Å². The van der Waals surface area contributed by atoms with Crippen LogP contribution in [0.15, 0.2) is 24.3 Å². The van der Waals surface area contributed by atoms with Crippen molar-refractivity contribution in [2.75, 3.05) is 6.61 Å². The Morgan fingerprint density at radius 2 is 2.07 bits per heavy atom. The van der Waals surface area contributed by atoms with E-state index in [9.17, 15) is 13.2 Å². The second-order valence-corrected chi connectivity index (χ2v) is 3.91. The van der Waals surface area contributed by atoms with Crippen LogP contribution in [-0.4, -0.2) is 11.7 Å². The van der Waals surface area contributed by atoms with Crippen LogP contribution < -0.4 is 0 Å². The summed E-state index contributed by atoms with van der Waals surface area (Å²) in [5.74, 6) is 0.255. The molecule has 1 aromatic rings. The van der Waals surface area contributed by atoms with Gasteiger partial charge in [-0.2, -0.15) is 13.2 Å². The zero-order valence-electron chi connectivity index (χ0n) is 7.96. The smallest absolute Gasteiger partial charge is 0.396 e. The van der Waals surface area contributed by atoms with Crippen molar-refractivity contribution in [3.05, 3.63) is 35.4 Å². The summed E-state index contributed by atoms with van der Waals surface area (Å²) >= 11 is 0. The quantitative estimate of drug-likeness (QED) is 0.805. The highest BCUT2D eigenvalue weighted by molar-refractivity contribution is 5.31. The molecule has 0 unspecified atom stereocenters. The van der Waals surface area contributed by atoms with E-state index in [4.69, 9.17) is 5.11 Å². The molecule has 82 valence electrons.